The second kappa shape index (κ2) is 2.47. The third kappa shape index (κ3) is 1.07. The summed E-state index contributed by atoms with van der Waals surface area (Å²) in [6, 6.07) is 3.35. The molecule has 2 rings (SSSR count). The van der Waals surface area contributed by atoms with E-state index in [0.29, 0.717) is 11.3 Å². The predicted molar refractivity (Wildman–Crippen MR) is 44.9 cm³/mol. The third-order valence-electron chi connectivity index (χ3n) is 2.18. The van der Waals surface area contributed by atoms with E-state index in [1.807, 2.05) is 13.0 Å². The molecular weight excluding hydrogens is 155 g/mol. The lowest BCUT2D eigenvalue weighted by molar-refractivity contribution is 0.254. The predicted octanol–water partition coefficient (Wildman–Crippen LogP) is 2.46. The lowest BCUT2D eigenvalue weighted by Gasteiger charge is -2.02. The van der Waals surface area contributed by atoms with Crippen molar-refractivity contribution in [3.8, 4) is 5.75 Å². The molecule has 0 saturated carbocycles. The first kappa shape index (κ1) is 7.59. The van der Waals surface area contributed by atoms with Gasteiger partial charge in [0.1, 0.15) is 17.7 Å². The van der Waals surface area contributed by atoms with Gasteiger partial charge in [-0.05, 0) is 31.0 Å². The molecule has 0 aromatic heterocycles. The van der Waals surface area contributed by atoms with Crippen molar-refractivity contribution in [3.63, 3.8) is 0 Å². The van der Waals surface area contributed by atoms with Gasteiger partial charge >= 0.3 is 0 Å². The Hall–Kier alpha value is -1.05. The SMILES string of the molecule is Cc1cc2c(cc1F)OC(C)C2. The number of ether oxygens (including phenoxy) is 1. The molecule has 0 amide bonds. The van der Waals surface area contributed by atoms with Gasteiger partial charge in [0.25, 0.3) is 0 Å². The molecule has 64 valence electrons. The summed E-state index contributed by atoms with van der Waals surface area (Å²) in [5.41, 5.74) is 1.83. The van der Waals surface area contributed by atoms with Crippen LogP contribution in [0.5, 0.6) is 5.75 Å². The van der Waals surface area contributed by atoms with Crippen molar-refractivity contribution in [2.24, 2.45) is 0 Å². The summed E-state index contributed by atoms with van der Waals surface area (Å²) in [7, 11) is 0. The molecule has 0 fully saturated rings. The topological polar surface area (TPSA) is 9.23 Å². The van der Waals surface area contributed by atoms with Crippen LogP contribution >= 0.6 is 0 Å². The maximum atomic E-state index is 13.0. The Morgan fingerprint density at radius 3 is 3.00 bits per heavy atom. The van der Waals surface area contributed by atoms with Crippen molar-refractivity contribution in [2.45, 2.75) is 26.4 Å². The van der Waals surface area contributed by atoms with E-state index in [0.717, 1.165) is 12.0 Å². The van der Waals surface area contributed by atoms with Crippen LogP contribution in [0.4, 0.5) is 4.39 Å². The molecule has 0 aliphatic carbocycles. The van der Waals surface area contributed by atoms with Crippen LogP contribution in [0.25, 0.3) is 0 Å². The first-order chi connectivity index (χ1) is 5.66. The minimum atomic E-state index is -0.178. The van der Waals surface area contributed by atoms with Crippen LogP contribution in [0, 0.1) is 12.7 Å². The number of aryl methyl sites for hydroxylation is 1. The number of fused-ring (bicyclic) bond motifs is 1. The van der Waals surface area contributed by atoms with Gasteiger partial charge in [-0.3, -0.25) is 0 Å². The third-order valence-corrected chi connectivity index (χ3v) is 2.18. The Bertz CT molecular complexity index is 289. The van der Waals surface area contributed by atoms with E-state index in [9.17, 15) is 4.39 Å². The van der Waals surface area contributed by atoms with E-state index < -0.39 is 0 Å². The van der Waals surface area contributed by atoms with E-state index in [1.165, 1.54) is 6.07 Å². The van der Waals surface area contributed by atoms with Gasteiger partial charge in [0, 0.05) is 12.5 Å². The lowest BCUT2D eigenvalue weighted by Crippen LogP contribution is -2.05. The molecule has 1 heterocycles. The first-order valence-corrected chi connectivity index (χ1v) is 4.12. The molecule has 0 saturated heterocycles. The zero-order chi connectivity index (χ0) is 8.72. The van der Waals surface area contributed by atoms with E-state index in [-0.39, 0.29) is 11.9 Å². The summed E-state index contributed by atoms with van der Waals surface area (Å²) in [4.78, 5) is 0. The van der Waals surface area contributed by atoms with Gasteiger partial charge in [-0.15, -0.1) is 0 Å². The van der Waals surface area contributed by atoms with E-state index >= 15 is 0 Å². The van der Waals surface area contributed by atoms with E-state index in [4.69, 9.17) is 4.74 Å². The van der Waals surface area contributed by atoms with Gasteiger partial charge in [-0.25, -0.2) is 4.39 Å². The highest BCUT2D eigenvalue weighted by atomic mass is 19.1. The second-order valence-electron chi connectivity index (χ2n) is 3.34. The van der Waals surface area contributed by atoms with E-state index in [2.05, 4.69) is 0 Å². The Morgan fingerprint density at radius 1 is 1.50 bits per heavy atom. The highest BCUT2D eigenvalue weighted by Gasteiger charge is 2.19. The Labute approximate surface area is 71.2 Å². The summed E-state index contributed by atoms with van der Waals surface area (Å²) in [5.74, 6) is 0.536. The summed E-state index contributed by atoms with van der Waals surface area (Å²) in [5, 5.41) is 0. The van der Waals surface area contributed by atoms with Crippen LogP contribution < -0.4 is 4.74 Å². The van der Waals surface area contributed by atoms with Crippen LogP contribution in [0.2, 0.25) is 0 Å². The number of halogens is 1. The van der Waals surface area contributed by atoms with Crippen LogP contribution in [0.3, 0.4) is 0 Å². The second-order valence-corrected chi connectivity index (χ2v) is 3.34. The molecule has 0 spiro atoms. The van der Waals surface area contributed by atoms with Gasteiger partial charge in [0.15, 0.2) is 0 Å². The fourth-order valence-electron chi connectivity index (χ4n) is 1.56. The quantitative estimate of drug-likeness (QED) is 0.575. The molecule has 1 atom stereocenters. The van der Waals surface area contributed by atoms with Crippen LogP contribution in [0.1, 0.15) is 18.1 Å². The standard InChI is InChI=1S/C10H11FO/c1-6-3-8-4-7(2)12-10(8)5-9(6)11/h3,5,7H,4H2,1-2H3. The number of rotatable bonds is 0. The molecule has 1 aliphatic rings. The van der Waals surface area contributed by atoms with Crippen LogP contribution in [-0.4, -0.2) is 6.10 Å². The Morgan fingerprint density at radius 2 is 2.25 bits per heavy atom. The number of hydrogen-bond acceptors (Lipinski definition) is 1. The van der Waals surface area contributed by atoms with E-state index in [1.54, 1.807) is 6.92 Å². The summed E-state index contributed by atoms with van der Waals surface area (Å²) < 4.78 is 18.4. The molecular formula is C10H11FO. The zero-order valence-corrected chi connectivity index (χ0v) is 7.23. The fourth-order valence-corrected chi connectivity index (χ4v) is 1.56. The highest BCUT2D eigenvalue weighted by molar-refractivity contribution is 5.40. The Kier molecular flexibility index (Phi) is 1.56. The first-order valence-electron chi connectivity index (χ1n) is 4.12. The van der Waals surface area contributed by atoms with Crippen LogP contribution in [0.15, 0.2) is 12.1 Å². The van der Waals surface area contributed by atoms with Crippen LogP contribution in [-0.2, 0) is 6.42 Å². The summed E-state index contributed by atoms with van der Waals surface area (Å²) in [6.07, 6.45) is 1.09. The fraction of sp³-hybridized carbons (Fsp3) is 0.400. The summed E-state index contributed by atoms with van der Waals surface area (Å²) >= 11 is 0. The molecule has 2 heteroatoms. The smallest absolute Gasteiger partial charge is 0.129 e. The lowest BCUT2D eigenvalue weighted by atomic mass is 10.1. The van der Waals surface area contributed by atoms with Crippen molar-refractivity contribution >= 4 is 0 Å². The Balaban J connectivity index is 2.48. The van der Waals surface area contributed by atoms with Crippen molar-refractivity contribution < 1.29 is 9.13 Å². The molecule has 1 unspecified atom stereocenters. The van der Waals surface area contributed by atoms with Gasteiger partial charge in [-0.1, -0.05) is 0 Å². The maximum absolute atomic E-state index is 13.0. The number of hydrogen-bond donors (Lipinski definition) is 0. The minimum absolute atomic E-state index is 0.178. The van der Waals surface area contributed by atoms with Gasteiger partial charge < -0.3 is 4.74 Å². The normalized spacial score (nSPS) is 20.4. The highest BCUT2D eigenvalue weighted by Crippen LogP contribution is 2.30. The van der Waals surface area contributed by atoms with Gasteiger partial charge in [0.05, 0.1) is 0 Å². The minimum Gasteiger partial charge on any atom is -0.490 e. The van der Waals surface area contributed by atoms with Crippen molar-refractivity contribution in [3.05, 3.63) is 29.1 Å². The maximum Gasteiger partial charge on any atom is 0.129 e. The van der Waals surface area contributed by atoms with Gasteiger partial charge in [-0.2, -0.15) is 0 Å². The van der Waals surface area contributed by atoms with Crippen molar-refractivity contribution in [1.29, 1.82) is 0 Å². The molecule has 0 bridgehead atoms. The molecule has 1 aliphatic heterocycles. The molecule has 1 nitrogen and oxygen atoms in total. The monoisotopic (exact) mass is 166 g/mol. The average molecular weight is 166 g/mol. The zero-order valence-electron chi connectivity index (χ0n) is 7.23. The average Bonchev–Trinajstić information content (AvgIpc) is 2.30. The van der Waals surface area contributed by atoms with Crippen molar-refractivity contribution in [2.75, 3.05) is 0 Å². The molecule has 0 radical (unpaired) electrons. The molecule has 0 N–H and O–H groups in total. The summed E-state index contributed by atoms with van der Waals surface area (Å²) in [6.45, 7) is 3.77. The molecule has 1 aromatic rings. The molecule has 12 heavy (non-hydrogen) atoms. The largest absolute Gasteiger partial charge is 0.490 e. The molecule has 1 aromatic carbocycles. The number of benzene rings is 1. The van der Waals surface area contributed by atoms with Gasteiger partial charge in [0.2, 0.25) is 0 Å². The van der Waals surface area contributed by atoms with Crippen molar-refractivity contribution in [1.82, 2.24) is 0 Å².